The molecule has 5 nitrogen and oxygen atoms in total. The smallest absolute Gasteiger partial charge is 0.194 e. The van der Waals surface area contributed by atoms with Crippen LogP contribution in [0, 0.1) is 0 Å². The highest BCUT2D eigenvalue weighted by molar-refractivity contribution is 9.10. The fourth-order valence-electron chi connectivity index (χ4n) is 2.92. The first-order valence-electron chi connectivity index (χ1n) is 7.87. The van der Waals surface area contributed by atoms with Crippen LogP contribution < -0.4 is 10.2 Å². The van der Waals surface area contributed by atoms with Gasteiger partial charge in [0.1, 0.15) is 19.1 Å². The fourth-order valence-corrected chi connectivity index (χ4v) is 3.50. The monoisotopic (exact) mass is 400 g/mol. The van der Waals surface area contributed by atoms with Crippen molar-refractivity contribution >= 4 is 45.2 Å². The Hall–Kier alpha value is -0.950. The molecule has 0 bridgehead atoms. The number of Topliss-reactive ketones (excluding diaryl/α,β-unsaturated/α-hetero) is 1. The summed E-state index contributed by atoms with van der Waals surface area (Å²) in [6.07, 6.45) is 2.73. The van der Waals surface area contributed by atoms with Gasteiger partial charge in [-0.25, -0.2) is 0 Å². The minimum absolute atomic E-state index is 0.0196. The molecule has 1 saturated heterocycles. The van der Waals surface area contributed by atoms with Gasteiger partial charge in [0.2, 0.25) is 0 Å². The van der Waals surface area contributed by atoms with Crippen molar-refractivity contribution in [3.8, 4) is 0 Å². The number of carbonyl (C=O) groups excluding carboxylic acids is 1. The number of quaternary nitrogens is 1. The molecule has 0 spiro atoms. The molecule has 1 aromatic carbocycles. The second kappa shape index (κ2) is 7.75. The summed E-state index contributed by atoms with van der Waals surface area (Å²) >= 11 is 9.55. The van der Waals surface area contributed by atoms with E-state index in [0.29, 0.717) is 10.6 Å². The lowest BCUT2D eigenvalue weighted by atomic mass is 10.1. The highest BCUT2D eigenvalue weighted by Crippen LogP contribution is 2.36. The molecule has 0 radical (unpaired) electrons. The summed E-state index contributed by atoms with van der Waals surface area (Å²) in [4.78, 5) is 18.4. The summed E-state index contributed by atoms with van der Waals surface area (Å²) in [5.41, 5.74) is 1.33. The highest BCUT2D eigenvalue weighted by Gasteiger charge is 2.31. The van der Waals surface area contributed by atoms with Gasteiger partial charge in [-0.05, 0) is 28.1 Å². The zero-order chi connectivity index (χ0) is 16.2. The van der Waals surface area contributed by atoms with E-state index < -0.39 is 6.04 Å². The Labute approximate surface area is 149 Å². The standard InChI is InChI=1S/C16H19BrClN3O2/c17-11-2-3-12-14(15(11)18)16(22)13(20-12)10-19-4-1-5-21-6-8-23-9-7-21/h2-3,10,13,20H,1,4-9H2/p+1/t13-/m1/s1. The van der Waals surface area contributed by atoms with E-state index in [0.717, 1.165) is 56.0 Å². The number of hydrogen-bond acceptors (Lipinski definition) is 4. The zero-order valence-corrected chi connectivity index (χ0v) is 15.1. The van der Waals surface area contributed by atoms with Crippen molar-refractivity contribution in [2.24, 2.45) is 4.99 Å². The number of ether oxygens (including phenoxy) is 1. The molecular formula is C16H20BrClN3O2+. The molecule has 0 unspecified atom stereocenters. The molecule has 0 amide bonds. The van der Waals surface area contributed by atoms with Crippen molar-refractivity contribution in [1.29, 1.82) is 0 Å². The molecule has 0 aliphatic carbocycles. The number of halogens is 2. The third-order valence-electron chi connectivity index (χ3n) is 4.21. The van der Waals surface area contributed by atoms with Crippen LogP contribution in [0.5, 0.6) is 0 Å². The van der Waals surface area contributed by atoms with Crippen LogP contribution in [-0.4, -0.2) is 57.4 Å². The Morgan fingerprint density at radius 2 is 2.22 bits per heavy atom. The second-order valence-electron chi connectivity index (χ2n) is 5.79. The Morgan fingerprint density at radius 3 is 3.00 bits per heavy atom. The van der Waals surface area contributed by atoms with Crippen LogP contribution in [0.1, 0.15) is 16.8 Å². The zero-order valence-electron chi connectivity index (χ0n) is 12.8. The van der Waals surface area contributed by atoms with Crippen molar-refractivity contribution in [2.45, 2.75) is 12.5 Å². The fraction of sp³-hybridized carbons (Fsp3) is 0.500. The van der Waals surface area contributed by atoms with Crippen LogP contribution in [0.25, 0.3) is 0 Å². The quantitative estimate of drug-likeness (QED) is 0.580. The predicted molar refractivity (Wildman–Crippen MR) is 95.3 cm³/mol. The molecule has 124 valence electrons. The Bertz CT molecular complexity index is 618. The molecule has 23 heavy (non-hydrogen) atoms. The molecule has 0 saturated carbocycles. The maximum atomic E-state index is 12.4. The Morgan fingerprint density at radius 1 is 1.43 bits per heavy atom. The van der Waals surface area contributed by atoms with Gasteiger partial charge in [0, 0.05) is 29.3 Å². The number of fused-ring (bicyclic) bond motifs is 1. The summed E-state index contributed by atoms with van der Waals surface area (Å²) in [6.45, 7) is 5.71. The molecule has 7 heteroatoms. The molecule has 0 aromatic heterocycles. The molecule has 2 N–H and O–H groups in total. The SMILES string of the molecule is O=C1c2c(ccc(Br)c2Cl)N[C@@H]1C=NCCC[NH+]1CCOCC1. The van der Waals surface area contributed by atoms with Crippen molar-refractivity contribution in [1.82, 2.24) is 0 Å². The third-order valence-corrected chi connectivity index (χ3v) is 5.49. The van der Waals surface area contributed by atoms with Gasteiger partial charge in [-0.1, -0.05) is 11.6 Å². The largest absolute Gasteiger partial charge is 0.370 e. The lowest BCUT2D eigenvalue weighted by Crippen LogP contribution is -3.14. The lowest BCUT2D eigenvalue weighted by molar-refractivity contribution is -0.908. The average molecular weight is 402 g/mol. The van der Waals surface area contributed by atoms with Gasteiger partial charge >= 0.3 is 0 Å². The number of hydrogen-bond donors (Lipinski definition) is 2. The summed E-state index contributed by atoms with van der Waals surface area (Å²) < 4.78 is 6.08. The molecule has 1 aromatic rings. The van der Waals surface area contributed by atoms with Crippen LogP contribution in [0.4, 0.5) is 5.69 Å². The molecule has 2 heterocycles. The van der Waals surface area contributed by atoms with E-state index in [9.17, 15) is 4.79 Å². The molecule has 2 aliphatic rings. The van der Waals surface area contributed by atoms with Crippen LogP contribution in [-0.2, 0) is 4.74 Å². The first-order chi connectivity index (χ1) is 11.2. The van der Waals surface area contributed by atoms with Gasteiger partial charge in [-0.15, -0.1) is 0 Å². The van der Waals surface area contributed by atoms with E-state index in [-0.39, 0.29) is 5.78 Å². The van der Waals surface area contributed by atoms with Gasteiger partial charge in [0.15, 0.2) is 5.78 Å². The second-order valence-corrected chi connectivity index (χ2v) is 7.02. The molecule has 3 rings (SSSR count). The molecule has 2 aliphatic heterocycles. The average Bonchev–Trinajstić information content (AvgIpc) is 2.88. The number of aliphatic imine (C=N–C) groups is 1. The van der Waals surface area contributed by atoms with E-state index >= 15 is 0 Å². The topological polar surface area (TPSA) is 55.1 Å². The van der Waals surface area contributed by atoms with Gasteiger partial charge in [-0.2, -0.15) is 0 Å². The summed E-state index contributed by atoms with van der Waals surface area (Å²) in [7, 11) is 0. The summed E-state index contributed by atoms with van der Waals surface area (Å²) in [5, 5.41) is 3.63. The molecular weight excluding hydrogens is 382 g/mol. The molecule has 1 fully saturated rings. The van der Waals surface area contributed by atoms with E-state index in [1.165, 1.54) is 0 Å². The van der Waals surface area contributed by atoms with E-state index in [4.69, 9.17) is 16.3 Å². The Balaban J connectivity index is 1.49. The first-order valence-corrected chi connectivity index (χ1v) is 9.04. The number of carbonyl (C=O) groups is 1. The van der Waals surface area contributed by atoms with E-state index in [1.54, 1.807) is 11.1 Å². The van der Waals surface area contributed by atoms with E-state index in [1.807, 2.05) is 12.1 Å². The predicted octanol–water partition coefficient (Wildman–Crippen LogP) is 1.46. The summed E-state index contributed by atoms with van der Waals surface area (Å²) in [5.74, 6) is -0.0196. The third kappa shape index (κ3) is 3.94. The molecule has 1 atom stereocenters. The number of nitrogens with zero attached hydrogens (tertiary/aromatic N) is 1. The van der Waals surface area contributed by atoms with Gasteiger partial charge < -0.3 is 15.0 Å². The van der Waals surface area contributed by atoms with Crippen molar-refractivity contribution in [2.75, 3.05) is 44.7 Å². The van der Waals surface area contributed by atoms with Crippen LogP contribution >= 0.6 is 27.5 Å². The van der Waals surface area contributed by atoms with Crippen LogP contribution in [0.3, 0.4) is 0 Å². The van der Waals surface area contributed by atoms with Crippen molar-refractivity contribution < 1.29 is 14.4 Å². The Kier molecular flexibility index (Phi) is 5.69. The number of nitrogens with one attached hydrogen (secondary N) is 2. The number of ketones is 1. The van der Waals surface area contributed by atoms with Gasteiger partial charge in [0.25, 0.3) is 0 Å². The van der Waals surface area contributed by atoms with Crippen molar-refractivity contribution in [3.63, 3.8) is 0 Å². The van der Waals surface area contributed by atoms with Crippen molar-refractivity contribution in [3.05, 3.63) is 27.2 Å². The number of rotatable bonds is 5. The number of morpholine rings is 1. The van der Waals surface area contributed by atoms with Crippen LogP contribution in [0.2, 0.25) is 5.02 Å². The normalized spacial score (nSPS) is 21.7. The maximum absolute atomic E-state index is 12.4. The van der Waals surface area contributed by atoms with Gasteiger partial charge in [-0.3, -0.25) is 9.79 Å². The van der Waals surface area contributed by atoms with E-state index in [2.05, 4.69) is 26.2 Å². The first kappa shape index (κ1) is 16.9. The maximum Gasteiger partial charge on any atom is 0.194 e. The van der Waals surface area contributed by atoms with Gasteiger partial charge in [0.05, 0.1) is 30.3 Å². The number of benzene rings is 1. The highest BCUT2D eigenvalue weighted by atomic mass is 79.9. The number of anilines is 1. The lowest BCUT2D eigenvalue weighted by Gasteiger charge is -2.23. The van der Waals surface area contributed by atoms with Crippen LogP contribution in [0.15, 0.2) is 21.6 Å². The minimum Gasteiger partial charge on any atom is -0.370 e. The minimum atomic E-state index is -0.410. The summed E-state index contributed by atoms with van der Waals surface area (Å²) in [6, 6.07) is 3.29.